The van der Waals surface area contributed by atoms with Gasteiger partial charge in [-0.05, 0) is 11.6 Å². The Morgan fingerprint density at radius 3 is 2.75 bits per heavy atom. The molecule has 0 aliphatic heterocycles. The molecule has 0 spiro atoms. The van der Waals surface area contributed by atoms with Gasteiger partial charge in [-0.15, -0.1) is 0 Å². The van der Waals surface area contributed by atoms with Gasteiger partial charge in [-0.2, -0.15) is 0 Å². The fraction of sp³-hybridized carbons (Fsp3) is 0.143. The molecule has 12 heavy (non-hydrogen) atoms. The molecule has 0 radical (unpaired) electrons. The number of benzene rings is 1. The van der Waals surface area contributed by atoms with Gasteiger partial charge >= 0.3 is 0 Å². The van der Waals surface area contributed by atoms with Crippen LogP contribution < -0.4 is 5.73 Å². The van der Waals surface area contributed by atoms with Crippen LogP contribution >= 0.6 is 15.9 Å². The fourth-order valence-electron chi connectivity index (χ4n) is 0.830. The first-order chi connectivity index (χ1) is 5.65. The summed E-state index contributed by atoms with van der Waals surface area (Å²) in [6.45, 7) is 0. The third-order valence-corrected chi connectivity index (χ3v) is 2.09. The highest BCUT2D eigenvalue weighted by Gasteiger charge is 2.10. The van der Waals surface area contributed by atoms with Gasteiger partial charge < -0.3 is 5.73 Å². The minimum atomic E-state index is -0.485. The number of alkyl halides is 1. The van der Waals surface area contributed by atoms with Gasteiger partial charge in [-0.25, -0.2) is 0 Å². The highest BCUT2D eigenvalue weighted by atomic mass is 79.9. The van der Waals surface area contributed by atoms with Crippen molar-refractivity contribution < 1.29 is 4.92 Å². The number of nitro groups is 1. The molecule has 0 heterocycles. The Labute approximate surface area is 77.7 Å². The molecule has 0 unspecified atom stereocenters. The van der Waals surface area contributed by atoms with E-state index >= 15 is 0 Å². The number of anilines is 1. The number of nitrogen functional groups attached to an aromatic ring is 1. The van der Waals surface area contributed by atoms with Crippen molar-refractivity contribution >= 4 is 27.3 Å². The Morgan fingerprint density at radius 1 is 1.58 bits per heavy atom. The highest BCUT2D eigenvalue weighted by molar-refractivity contribution is 9.08. The van der Waals surface area contributed by atoms with E-state index in [9.17, 15) is 10.1 Å². The Bertz CT molecular complexity index is 314. The van der Waals surface area contributed by atoms with Crippen LogP contribution in [0.4, 0.5) is 11.4 Å². The summed E-state index contributed by atoms with van der Waals surface area (Å²) in [5, 5.41) is 11.0. The number of nitro benzene ring substituents is 1. The lowest BCUT2D eigenvalue weighted by atomic mass is 10.2. The van der Waals surface area contributed by atoms with Gasteiger partial charge in [-0.3, -0.25) is 10.1 Å². The van der Waals surface area contributed by atoms with Crippen LogP contribution in [0.25, 0.3) is 0 Å². The molecule has 1 aromatic carbocycles. The first-order valence-electron chi connectivity index (χ1n) is 3.24. The molecular weight excluding hydrogens is 224 g/mol. The molecular formula is C7H7BrN2O2. The van der Waals surface area contributed by atoms with Crippen molar-refractivity contribution in [3.8, 4) is 0 Å². The predicted molar refractivity (Wildman–Crippen MR) is 50.1 cm³/mol. The maximum Gasteiger partial charge on any atom is 0.292 e. The second-order valence-corrected chi connectivity index (χ2v) is 2.84. The van der Waals surface area contributed by atoms with E-state index in [0.29, 0.717) is 5.33 Å². The van der Waals surface area contributed by atoms with Crippen LogP contribution in [0.15, 0.2) is 18.2 Å². The molecule has 64 valence electrons. The zero-order valence-corrected chi connectivity index (χ0v) is 7.74. The van der Waals surface area contributed by atoms with Crippen LogP contribution in [0.1, 0.15) is 5.56 Å². The van der Waals surface area contributed by atoms with Gasteiger partial charge in [0.2, 0.25) is 0 Å². The molecule has 0 saturated heterocycles. The number of nitrogens with zero attached hydrogens (tertiary/aromatic N) is 1. The smallest absolute Gasteiger partial charge is 0.292 e. The summed E-state index contributed by atoms with van der Waals surface area (Å²) in [6, 6.07) is 4.75. The average Bonchev–Trinajstić information content (AvgIpc) is 2.05. The van der Waals surface area contributed by atoms with E-state index in [4.69, 9.17) is 5.73 Å². The Balaban J connectivity index is 3.17. The molecule has 0 aliphatic rings. The van der Waals surface area contributed by atoms with Gasteiger partial charge in [0.25, 0.3) is 5.69 Å². The van der Waals surface area contributed by atoms with Crippen molar-refractivity contribution in [2.45, 2.75) is 5.33 Å². The third-order valence-electron chi connectivity index (χ3n) is 1.45. The molecule has 0 atom stereocenters. The Morgan fingerprint density at radius 2 is 2.25 bits per heavy atom. The second kappa shape index (κ2) is 3.53. The van der Waals surface area contributed by atoms with Crippen molar-refractivity contribution in [3.63, 3.8) is 0 Å². The molecule has 0 aromatic heterocycles. The molecule has 4 nitrogen and oxygen atoms in total. The maximum absolute atomic E-state index is 10.4. The first kappa shape index (κ1) is 8.99. The lowest BCUT2D eigenvalue weighted by molar-refractivity contribution is -0.383. The monoisotopic (exact) mass is 230 g/mol. The van der Waals surface area contributed by atoms with Crippen molar-refractivity contribution in [1.29, 1.82) is 0 Å². The van der Waals surface area contributed by atoms with Gasteiger partial charge in [-0.1, -0.05) is 22.0 Å². The fourth-order valence-corrected chi connectivity index (χ4v) is 1.18. The molecule has 1 rings (SSSR count). The molecule has 2 N–H and O–H groups in total. The number of nitrogens with two attached hydrogens (primary N) is 1. The van der Waals surface area contributed by atoms with Crippen LogP contribution in [0.3, 0.4) is 0 Å². The maximum atomic E-state index is 10.4. The second-order valence-electron chi connectivity index (χ2n) is 2.28. The normalized spacial score (nSPS) is 9.75. The van der Waals surface area contributed by atoms with Crippen molar-refractivity contribution in [1.82, 2.24) is 0 Å². The minimum Gasteiger partial charge on any atom is -0.393 e. The minimum absolute atomic E-state index is 0.0352. The highest BCUT2D eigenvalue weighted by Crippen LogP contribution is 2.23. The van der Waals surface area contributed by atoms with Gasteiger partial charge in [0.15, 0.2) is 0 Å². The molecule has 1 aromatic rings. The van der Waals surface area contributed by atoms with Crippen molar-refractivity contribution in [2.75, 3.05) is 5.73 Å². The Kier molecular flexibility index (Phi) is 2.65. The zero-order valence-electron chi connectivity index (χ0n) is 6.16. The van der Waals surface area contributed by atoms with Crippen LogP contribution in [-0.4, -0.2) is 4.92 Å². The van der Waals surface area contributed by atoms with E-state index in [1.54, 1.807) is 6.07 Å². The predicted octanol–water partition coefficient (Wildman–Crippen LogP) is 2.07. The van der Waals surface area contributed by atoms with E-state index in [2.05, 4.69) is 15.9 Å². The largest absolute Gasteiger partial charge is 0.393 e. The van der Waals surface area contributed by atoms with E-state index in [1.165, 1.54) is 12.1 Å². The summed E-state index contributed by atoms with van der Waals surface area (Å²) in [7, 11) is 0. The number of hydrogen-bond acceptors (Lipinski definition) is 3. The topological polar surface area (TPSA) is 69.2 Å². The van der Waals surface area contributed by atoms with E-state index < -0.39 is 4.92 Å². The number of rotatable bonds is 2. The van der Waals surface area contributed by atoms with Crippen molar-refractivity contribution in [2.24, 2.45) is 0 Å². The lowest BCUT2D eigenvalue weighted by Crippen LogP contribution is -1.95. The molecule has 0 aliphatic carbocycles. The first-order valence-corrected chi connectivity index (χ1v) is 4.36. The Hall–Kier alpha value is -1.10. The zero-order chi connectivity index (χ0) is 9.14. The van der Waals surface area contributed by atoms with E-state index in [0.717, 1.165) is 5.56 Å². The van der Waals surface area contributed by atoms with E-state index in [1.807, 2.05) is 0 Å². The van der Waals surface area contributed by atoms with Crippen LogP contribution in [0, 0.1) is 10.1 Å². The number of hydrogen-bond donors (Lipinski definition) is 1. The van der Waals surface area contributed by atoms with Gasteiger partial charge in [0, 0.05) is 11.4 Å². The standard InChI is InChI=1S/C7H7BrN2O2/c8-4-5-1-2-6(9)7(3-5)10(11)12/h1-3H,4,9H2. The quantitative estimate of drug-likeness (QED) is 0.366. The summed E-state index contributed by atoms with van der Waals surface area (Å²) in [5.74, 6) is 0. The van der Waals surface area contributed by atoms with Crippen LogP contribution in [0.5, 0.6) is 0 Å². The van der Waals surface area contributed by atoms with Crippen LogP contribution in [-0.2, 0) is 5.33 Å². The van der Waals surface area contributed by atoms with Crippen LogP contribution in [0.2, 0.25) is 0 Å². The molecule has 0 fully saturated rings. The summed E-state index contributed by atoms with van der Waals surface area (Å²) in [4.78, 5) is 9.92. The molecule has 5 heteroatoms. The SMILES string of the molecule is Nc1ccc(CBr)cc1[N+](=O)[O-]. The third kappa shape index (κ3) is 1.73. The summed E-state index contributed by atoms with van der Waals surface area (Å²) < 4.78 is 0. The average molecular weight is 231 g/mol. The van der Waals surface area contributed by atoms with Gasteiger partial charge in [0.1, 0.15) is 5.69 Å². The molecule has 0 amide bonds. The molecule has 0 saturated carbocycles. The number of halogens is 1. The lowest BCUT2D eigenvalue weighted by Gasteiger charge is -1.98. The molecule has 0 bridgehead atoms. The van der Waals surface area contributed by atoms with Crippen molar-refractivity contribution in [3.05, 3.63) is 33.9 Å². The van der Waals surface area contributed by atoms with Gasteiger partial charge in [0.05, 0.1) is 4.92 Å². The summed E-state index contributed by atoms with van der Waals surface area (Å²) >= 11 is 3.20. The summed E-state index contributed by atoms with van der Waals surface area (Å²) in [6.07, 6.45) is 0. The summed E-state index contributed by atoms with van der Waals surface area (Å²) in [5.41, 5.74) is 6.40. The van der Waals surface area contributed by atoms with E-state index in [-0.39, 0.29) is 11.4 Å².